The van der Waals surface area contributed by atoms with E-state index in [0.29, 0.717) is 22.8 Å². The van der Waals surface area contributed by atoms with Gasteiger partial charge in [0, 0.05) is 50.5 Å². The first-order valence-corrected chi connectivity index (χ1v) is 11.5. The number of pyridine rings is 1. The van der Waals surface area contributed by atoms with Crippen LogP contribution in [0.3, 0.4) is 0 Å². The minimum Gasteiger partial charge on any atom is -0.358 e. The highest BCUT2D eigenvalue weighted by molar-refractivity contribution is 7.99. The first kappa shape index (κ1) is 21.4. The molecule has 0 bridgehead atoms. The van der Waals surface area contributed by atoms with E-state index in [1.54, 1.807) is 30.9 Å². The number of anilines is 2. The SMILES string of the molecule is S=C(NCc1cccnc1)Nc1nc(Sc2ncccn2)cc(N2CCCCCC2)n1. The van der Waals surface area contributed by atoms with Crippen molar-refractivity contribution in [2.24, 2.45) is 0 Å². The Kier molecular flexibility index (Phi) is 7.56. The predicted molar refractivity (Wildman–Crippen MR) is 126 cm³/mol. The molecule has 3 aromatic heterocycles. The van der Waals surface area contributed by atoms with E-state index in [0.717, 1.165) is 29.5 Å². The van der Waals surface area contributed by atoms with Gasteiger partial charge < -0.3 is 15.5 Å². The molecule has 0 unspecified atom stereocenters. The van der Waals surface area contributed by atoms with Crippen LogP contribution in [-0.4, -0.2) is 43.1 Å². The minimum atomic E-state index is 0.462. The van der Waals surface area contributed by atoms with E-state index in [1.165, 1.54) is 37.4 Å². The highest BCUT2D eigenvalue weighted by atomic mass is 32.2. The fraction of sp³-hybridized carbons (Fsp3) is 0.333. The van der Waals surface area contributed by atoms with E-state index in [4.69, 9.17) is 17.2 Å². The van der Waals surface area contributed by atoms with Crippen molar-refractivity contribution >= 4 is 40.9 Å². The largest absolute Gasteiger partial charge is 0.358 e. The number of nitrogens with one attached hydrogen (secondary N) is 2. The van der Waals surface area contributed by atoms with Gasteiger partial charge in [0.2, 0.25) is 5.95 Å². The van der Waals surface area contributed by atoms with Gasteiger partial charge in [0.25, 0.3) is 0 Å². The molecule has 10 heteroatoms. The van der Waals surface area contributed by atoms with Crippen LogP contribution in [-0.2, 0) is 6.54 Å². The second kappa shape index (κ2) is 11.0. The third kappa shape index (κ3) is 6.56. The van der Waals surface area contributed by atoms with Crippen molar-refractivity contribution in [2.45, 2.75) is 42.4 Å². The van der Waals surface area contributed by atoms with Crippen molar-refractivity contribution in [1.29, 1.82) is 0 Å². The summed E-state index contributed by atoms with van der Waals surface area (Å²) >= 11 is 6.87. The average Bonchev–Trinajstić information content (AvgIpc) is 3.09. The molecule has 0 saturated carbocycles. The van der Waals surface area contributed by atoms with E-state index in [1.807, 2.05) is 18.2 Å². The quantitative estimate of drug-likeness (QED) is 0.328. The lowest BCUT2D eigenvalue weighted by atomic mass is 10.2. The monoisotopic (exact) mass is 452 g/mol. The van der Waals surface area contributed by atoms with E-state index >= 15 is 0 Å². The van der Waals surface area contributed by atoms with Gasteiger partial charge in [-0.15, -0.1) is 0 Å². The molecule has 0 aromatic carbocycles. The molecule has 2 N–H and O–H groups in total. The van der Waals surface area contributed by atoms with Crippen molar-refractivity contribution in [3.8, 4) is 0 Å². The topological polar surface area (TPSA) is 91.8 Å². The summed E-state index contributed by atoms with van der Waals surface area (Å²) in [6.07, 6.45) is 11.9. The molecule has 1 aliphatic rings. The highest BCUT2D eigenvalue weighted by Gasteiger charge is 2.15. The second-order valence-electron chi connectivity index (χ2n) is 7.09. The Labute approximate surface area is 191 Å². The van der Waals surface area contributed by atoms with E-state index < -0.39 is 0 Å². The minimum absolute atomic E-state index is 0.462. The molecule has 4 rings (SSSR count). The van der Waals surface area contributed by atoms with Crippen LogP contribution >= 0.6 is 24.0 Å². The molecule has 0 aliphatic carbocycles. The summed E-state index contributed by atoms with van der Waals surface area (Å²) in [5.74, 6) is 1.36. The maximum absolute atomic E-state index is 5.46. The molecule has 1 fully saturated rings. The van der Waals surface area contributed by atoms with Gasteiger partial charge >= 0.3 is 0 Å². The predicted octanol–water partition coefficient (Wildman–Crippen LogP) is 3.68. The van der Waals surface area contributed by atoms with E-state index in [9.17, 15) is 0 Å². The zero-order chi connectivity index (χ0) is 21.3. The van der Waals surface area contributed by atoms with Crippen molar-refractivity contribution in [2.75, 3.05) is 23.3 Å². The first-order valence-electron chi connectivity index (χ1n) is 10.3. The van der Waals surface area contributed by atoms with Crippen LogP contribution in [0.2, 0.25) is 0 Å². The van der Waals surface area contributed by atoms with Crippen molar-refractivity contribution in [3.63, 3.8) is 0 Å². The van der Waals surface area contributed by atoms with Gasteiger partial charge in [0.15, 0.2) is 10.3 Å². The number of thiocarbonyl (C=S) groups is 1. The Morgan fingerprint density at radius 3 is 2.58 bits per heavy atom. The Morgan fingerprint density at radius 1 is 1.03 bits per heavy atom. The molecule has 160 valence electrons. The van der Waals surface area contributed by atoms with Crippen LogP contribution < -0.4 is 15.5 Å². The Morgan fingerprint density at radius 2 is 1.84 bits per heavy atom. The molecule has 0 atom stereocenters. The molecule has 8 nitrogen and oxygen atoms in total. The van der Waals surface area contributed by atoms with Gasteiger partial charge in [0.05, 0.1) is 0 Å². The van der Waals surface area contributed by atoms with Gasteiger partial charge in [-0.05, 0) is 54.5 Å². The molecule has 0 amide bonds. The molecule has 1 aliphatic heterocycles. The number of rotatable bonds is 6. The lowest BCUT2D eigenvalue weighted by Crippen LogP contribution is -2.30. The maximum atomic E-state index is 5.46. The van der Waals surface area contributed by atoms with E-state index in [-0.39, 0.29) is 0 Å². The lowest BCUT2D eigenvalue weighted by Gasteiger charge is -2.22. The summed E-state index contributed by atoms with van der Waals surface area (Å²) in [6.45, 7) is 2.56. The maximum Gasteiger partial charge on any atom is 0.232 e. The van der Waals surface area contributed by atoms with Gasteiger partial charge in [0.1, 0.15) is 10.8 Å². The smallest absolute Gasteiger partial charge is 0.232 e. The molecule has 0 spiro atoms. The number of hydrogen-bond donors (Lipinski definition) is 2. The summed E-state index contributed by atoms with van der Waals surface area (Å²) in [5, 5.41) is 8.19. The summed E-state index contributed by atoms with van der Waals surface area (Å²) in [4.78, 5) is 24.4. The molecular formula is C21H24N8S2. The van der Waals surface area contributed by atoms with Crippen LogP contribution in [0.15, 0.2) is 59.2 Å². The fourth-order valence-corrected chi connectivity index (χ4v) is 4.12. The van der Waals surface area contributed by atoms with Crippen LogP contribution in [0, 0.1) is 0 Å². The molecule has 3 aromatic rings. The lowest BCUT2D eigenvalue weighted by molar-refractivity contribution is 0.726. The van der Waals surface area contributed by atoms with Gasteiger partial charge in [-0.1, -0.05) is 18.9 Å². The zero-order valence-electron chi connectivity index (χ0n) is 17.1. The second-order valence-corrected chi connectivity index (χ2v) is 8.49. The standard InChI is InChI=1S/C21H24N8S2/c30-20(25-15-16-7-5-8-22-14-16)28-19-26-17(29-11-3-1-2-4-12-29)13-18(27-19)31-21-23-9-6-10-24-21/h5-10,13-14H,1-4,11-12,15H2,(H2,25,26,27,28,30). The average molecular weight is 453 g/mol. The summed E-state index contributed by atoms with van der Waals surface area (Å²) in [5.41, 5.74) is 1.04. The summed E-state index contributed by atoms with van der Waals surface area (Å²) in [6, 6.07) is 7.69. The van der Waals surface area contributed by atoms with Crippen molar-refractivity contribution < 1.29 is 0 Å². The van der Waals surface area contributed by atoms with Gasteiger partial charge in [-0.25, -0.2) is 15.0 Å². The molecule has 0 radical (unpaired) electrons. The molecule has 31 heavy (non-hydrogen) atoms. The summed E-state index contributed by atoms with van der Waals surface area (Å²) in [7, 11) is 0. The Hall–Kier alpha value is -2.85. The number of hydrogen-bond acceptors (Lipinski definition) is 8. The van der Waals surface area contributed by atoms with E-state index in [2.05, 4.69) is 35.5 Å². The molecule has 1 saturated heterocycles. The summed E-state index contributed by atoms with van der Waals surface area (Å²) < 4.78 is 0. The Balaban J connectivity index is 1.51. The molecular weight excluding hydrogens is 428 g/mol. The third-order valence-electron chi connectivity index (χ3n) is 4.76. The van der Waals surface area contributed by atoms with Crippen molar-refractivity contribution in [3.05, 3.63) is 54.6 Å². The fourth-order valence-electron chi connectivity index (χ4n) is 3.25. The molecule has 4 heterocycles. The highest BCUT2D eigenvalue weighted by Crippen LogP contribution is 2.27. The third-order valence-corrected chi connectivity index (χ3v) is 5.82. The first-order chi connectivity index (χ1) is 15.3. The van der Waals surface area contributed by atoms with Crippen molar-refractivity contribution in [1.82, 2.24) is 30.2 Å². The van der Waals surface area contributed by atoms with Crippen LogP contribution in [0.5, 0.6) is 0 Å². The zero-order valence-corrected chi connectivity index (χ0v) is 18.7. The Bertz CT molecular complexity index is 979. The normalized spacial score (nSPS) is 14.0. The van der Waals surface area contributed by atoms with Crippen LogP contribution in [0.25, 0.3) is 0 Å². The van der Waals surface area contributed by atoms with Crippen LogP contribution in [0.1, 0.15) is 31.2 Å². The number of aromatic nitrogens is 5. The van der Waals surface area contributed by atoms with Gasteiger partial charge in [-0.2, -0.15) is 4.98 Å². The number of nitrogens with zero attached hydrogens (tertiary/aromatic N) is 6. The van der Waals surface area contributed by atoms with Crippen LogP contribution in [0.4, 0.5) is 11.8 Å². The van der Waals surface area contributed by atoms with Gasteiger partial charge in [-0.3, -0.25) is 4.98 Å².